The first-order valence-corrected chi connectivity index (χ1v) is 12.2. The zero-order chi connectivity index (χ0) is 25.9. The van der Waals surface area contributed by atoms with Crippen LogP contribution in [0.15, 0.2) is 84.1 Å². The number of Topliss-reactive ketones (excluding diaryl/α,β-unsaturated/α-hetero) is 1. The Labute approximate surface area is 213 Å². The number of nitrogens with one attached hydrogen (secondary N) is 1. The number of cyclic esters (lactones) is 1. The van der Waals surface area contributed by atoms with Gasteiger partial charge in [-0.2, -0.15) is 0 Å². The van der Waals surface area contributed by atoms with Crippen molar-refractivity contribution in [3.63, 3.8) is 0 Å². The van der Waals surface area contributed by atoms with Crippen molar-refractivity contribution in [2.24, 2.45) is 5.41 Å². The smallest absolute Gasteiger partial charge is 0.340 e. The fourth-order valence-electron chi connectivity index (χ4n) is 5.74. The van der Waals surface area contributed by atoms with Gasteiger partial charge in [0.1, 0.15) is 0 Å². The van der Waals surface area contributed by atoms with E-state index in [0.29, 0.717) is 35.1 Å². The van der Waals surface area contributed by atoms with E-state index >= 15 is 0 Å². The van der Waals surface area contributed by atoms with E-state index in [1.54, 1.807) is 24.3 Å². The van der Waals surface area contributed by atoms with Crippen molar-refractivity contribution in [2.75, 3.05) is 10.2 Å². The molecule has 0 bridgehead atoms. The van der Waals surface area contributed by atoms with Gasteiger partial charge >= 0.3 is 5.97 Å². The molecule has 3 aliphatic rings. The van der Waals surface area contributed by atoms with Crippen LogP contribution in [0.2, 0.25) is 0 Å². The van der Waals surface area contributed by atoms with Crippen LogP contribution in [0.25, 0.3) is 0 Å². The number of nitro groups is 1. The second-order valence-corrected chi connectivity index (χ2v) is 10.5. The van der Waals surface area contributed by atoms with Crippen LogP contribution in [-0.2, 0) is 9.53 Å². The zero-order valence-corrected chi connectivity index (χ0v) is 20.4. The van der Waals surface area contributed by atoms with Crippen molar-refractivity contribution >= 4 is 28.8 Å². The van der Waals surface area contributed by atoms with Gasteiger partial charge in [-0.15, -0.1) is 0 Å². The van der Waals surface area contributed by atoms with Gasteiger partial charge in [0.15, 0.2) is 5.78 Å². The van der Waals surface area contributed by atoms with Crippen molar-refractivity contribution in [1.82, 2.24) is 0 Å². The lowest BCUT2D eigenvalue weighted by atomic mass is 9.73. The molecule has 2 heterocycles. The Morgan fingerprint density at radius 3 is 2.57 bits per heavy atom. The summed E-state index contributed by atoms with van der Waals surface area (Å²) in [6, 6.07) is 20.5. The summed E-state index contributed by atoms with van der Waals surface area (Å²) in [5.41, 5.74) is 4.22. The van der Waals surface area contributed by atoms with Gasteiger partial charge < -0.3 is 15.0 Å². The predicted octanol–water partition coefficient (Wildman–Crippen LogP) is 6.08. The third-order valence-electron chi connectivity index (χ3n) is 7.25. The molecule has 0 amide bonds. The maximum Gasteiger partial charge on any atom is 0.340 e. The summed E-state index contributed by atoms with van der Waals surface area (Å²) in [5.74, 6) is -0.482. The predicted molar refractivity (Wildman–Crippen MR) is 138 cm³/mol. The van der Waals surface area contributed by atoms with Gasteiger partial charge in [-0.05, 0) is 35.6 Å². The number of hydrogen-bond donors (Lipinski definition) is 1. The highest BCUT2D eigenvalue weighted by atomic mass is 16.6. The average Bonchev–Trinajstić information content (AvgIpc) is 3.11. The molecule has 0 unspecified atom stereocenters. The summed E-state index contributed by atoms with van der Waals surface area (Å²) in [7, 11) is 0. The Balaban J connectivity index is 1.65. The van der Waals surface area contributed by atoms with Crippen molar-refractivity contribution in [2.45, 2.75) is 39.0 Å². The number of carbonyl (C=O) groups excluding carboxylic acids is 2. The number of anilines is 2. The summed E-state index contributed by atoms with van der Waals surface area (Å²) in [6.45, 7) is 4.12. The molecule has 0 spiro atoms. The van der Waals surface area contributed by atoms with Crippen LogP contribution in [0.1, 0.15) is 60.4 Å². The first-order valence-electron chi connectivity index (χ1n) is 12.2. The monoisotopic (exact) mass is 495 g/mol. The van der Waals surface area contributed by atoms with E-state index < -0.39 is 23.2 Å². The zero-order valence-electron chi connectivity index (χ0n) is 20.4. The highest BCUT2D eigenvalue weighted by Crippen LogP contribution is 2.52. The number of nitro benzene ring substituents is 1. The molecular formula is C29H25N3O5. The molecule has 3 aromatic carbocycles. The lowest BCUT2D eigenvalue weighted by Gasteiger charge is -2.40. The number of rotatable bonds is 3. The van der Waals surface area contributed by atoms with Crippen LogP contribution in [0.3, 0.4) is 0 Å². The number of ketones is 1. The summed E-state index contributed by atoms with van der Waals surface area (Å²) < 4.78 is 5.96. The molecule has 0 saturated carbocycles. The van der Waals surface area contributed by atoms with Crippen LogP contribution in [0, 0.1) is 15.5 Å². The molecule has 3 aromatic rings. The molecule has 0 saturated heterocycles. The van der Waals surface area contributed by atoms with Crippen molar-refractivity contribution in [3.8, 4) is 0 Å². The summed E-state index contributed by atoms with van der Waals surface area (Å²) >= 11 is 0. The third kappa shape index (κ3) is 3.76. The van der Waals surface area contributed by atoms with E-state index in [4.69, 9.17) is 4.74 Å². The molecule has 0 fully saturated rings. The van der Waals surface area contributed by atoms with E-state index in [2.05, 4.69) is 19.2 Å². The van der Waals surface area contributed by atoms with Crippen LogP contribution in [0.5, 0.6) is 0 Å². The highest BCUT2D eigenvalue weighted by molar-refractivity contribution is 6.02. The highest BCUT2D eigenvalue weighted by Gasteiger charge is 2.46. The molecule has 186 valence electrons. The minimum atomic E-state index is -0.828. The molecule has 0 aromatic heterocycles. The molecule has 8 heteroatoms. The minimum Gasteiger partial charge on any atom is -0.433 e. The molecule has 37 heavy (non-hydrogen) atoms. The first kappa shape index (κ1) is 23.0. The number of allylic oxidation sites excluding steroid dienone is 1. The third-order valence-corrected chi connectivity index (χ3v) is 7.25. The maximum atomic E-state index is 13.9. The fraction of sp³-hybridized carbons (Fsp3) is 0.241. The SMILES string of the molecule is CC1(C)CC(=O)C2=C(C1)Nc1ccccc1N([C@H]1OC(=O)c3ccccc31)[C@H]2c1cccc([N+](=O)[O-])c1. The van der Waals surface area contributed by atoms with Crippen molar-refractivity contribution in [3.05, 3.63) is 111 Å². The van der Waals surface area contributed by atoms with E-state index in [9.17, 15) is 19.7 Å². The van der Waals surface area contributed by atoms with Crippen LogP contribution in [0.4, 0.5) is 17.1 Å². The van der Waals surface area contributed by atoms with Gasteiger partial charge in [0.2, 0.25) is 6.23 Å². The van der Waals surface area contributed by atoms with Crippen molar-refractivity contribution < 1.29 is 19.2 Å². The van der Waals surface area contributed by atoms with Crippen LogP contribution >= 0.6 is 0 Å². The Kier molecular flexibility index (Phi) is 5.15. The van der Waals surface area contributed by atoms with Gasteiger partial charge in [-0.1, -0.05) is 56.3 Å². The first-order chi connectivity index (χ1) is 17.7. The normalized spacial score (nSPS) is 21.8. The number of ether oxygens (including phenoxy) is 1. The number of hydrogen-bond acceptors (Lipinski definition) is 7. The summed E-state index contributed by atoms with van der Waals surface area (Å²) in [4.78, 5) is 39.9. The second-order valence-electron chi connectivity index (χ2n) is 10.5. The number of benzene rings is 3. The van der Waals surface area contributed by atoms with E-state index in [1.807, 2.05) is 41.3 Å². The lowest BCUT2D eigenvalue weighted by Crippen LogP contribution is -2.38. The molecule has 1 aliphatic carbocycles. The summed E-state index contributed by atoms with van der Waals surface area (Å²) in [6.07, 6.45) is 0.137. The van der Waals surface area contributed by atoms with E-state index in [0.717, 1.165) is 17.1 Å². The Hall–Kier alpha value is -4.46. The number of nitrogens with zero attached hydrogens (tertiary/aromatic N) is 2. The number of non-ortho nitro benzene ring substituents is 1. The number of esters is 1. The van der Waals surface area contributed by atoms with Crippen LogP contribution < -0.4 is 10.2 Å². The standard InChI is InChI=1S/C29H25N3O5/c1-29(2)15-22-25(24(33)16-29)26(17-8-7-9-18(14-17)32(35)36)31(23-13-6-5-12-21(23)30-22)27-19-10-3-4-11-20(19)28(34)37-27/h3-14,26-27,30H,15-16H2,1-2H3/t26-,27-/m0/s1. The molecule has 8 nitrogen and oxygen atoms in total. The lowest BCUT2D eigenvalue weighted by molar-refractivity contribution is -0.384. The number of para-hydroxylation sites is 2. The van der Waals surface area contributed by atoms with Crippen molar-refractivity contribution in [1.29, 1.82) is 0 Å². The van der Waals surface area contributed by atoms with Gasteiger partial charge in [-0.25, -0.2) is 4.79 Å². The second kappa shape index (κ2) is 8.30. The molecular weight excluding hydrogens is 470 g/mol. The molecule has 1 N–H and O–H groups in total. The molecule has 2 aliphatic heterocycles. The fourth-order valence-corrected chi connectivity index (χ4v) is 5.74. The van der Waals surface area contributed by atoms with Gasteiger partial charge in [-0.3, -0.25) is 14.9 Å². The molecule has 6 rings (SSSR count). The van der Waals surface area contributed by atoms with Gasteiger partial charge in [0.05, 0.1) is 27.9 Å². The summed E-state index contributed by atoms with van der Waals surface area (Å²) in [5, 5.41) is 15.2. The molecule has 0 radical (unpaired) electrons. The Bertz CT molecular complexity index is 1510. The topological polar surface area (TPSA) is 102 Å². The number of carbonyl (C=O) groups is 2. The Morgan fingerprint density at radius 2 is 1.76 bits per heavy atom. The quantitative estimate of drug-likeness (QED) is 0.267. The maximum absolute atomic E-state index is 13.9. The van der Waals surface area contributed by atoms with Gasteiger partial charge in [0, 0.05) is 35.4 Å². The van der Waals surface area contributed by atoms with Gasteiger partial charge in [0.25, 0.3) is 5.69 Å². The minimum absolute atomic E-state index is 0.0364. The molecule has 2 atom stereocenters. The van der Waals surface area contributed by atoms with Crippen LogP contribution in [-0.4, -0.2) is 16.7 Å². The van der Waals surface area contributed by atoms with E-state index in [1.165, 1.54) is 12.1 Å². The Morgan fingerprint density at radius 1 is 1.00 bits per heavy atom. The average molecular weight is 496 g/mol. The largest absolute Gasteiger partial charge is 0.433 e. The van der Waals surface area contributed by atoms with E-state index in [-0.39, 0.29) is 16.9 Å². The number of fused-ring (bicyclic) bond motifs is 2.